The van der Waals surface area contributed by atoms with Crippen molar-refractivity contribution in [3.05, 3.63) is 12.7 Å². The Labute approximate surface area is 120 Å². The predicted molar refractivity (Wildman–Crippen MR) is 76.4 cm³/mol. The van der Waals surface area contributed by atoms with Gasteiger partial charge in [-0.05, 0) is 19.3 Å². The average molecular weight is 283 g/mol. The van der Waals surface area contributed by atoms with Crippen molar-refractivity contribution >= 4 is 12.1 Å². The fraction of sp³-hybridized carbons (Fsp3) is 0.733. The first kappa shape index (κ1) is 16.5. The number of amides is 1. The van der Waals surface area contributed by atoms with Crippen molar-refractivity contribution in [3.8, 4) is 0 Å². The van der Waals surface area contributed by atoms with Crippen LogP contribution in [0.2, 0.25) is 0 Å². The number of likely N-dealkylation sites (tertiary alicyclic amines) is 1. The second-order valence-corrected chi connectivity index (χ2v) is 4.95. The van der Waals surface area contributed by atoms with Gasteiger partial charge in [-0.2, -0.15) is 0 Å². The summed E-state index contributed by atoms with van der Waals surface area (Å²) in [4.78, 5) is 25.2. The van der Waals surface area contributed by atoms with Crippen molar-refractivity contribution in [2.45, 2.75) is 51.5 Å². The molecule has 0 spiro atoms. The molecule has 1 amide bonds. The summed E-state index contributed by atoms with van der Waals surface area (Å²) in [7, 11) is 0. The monoisotopic (exact) mass is 283 g/mol. The highest BCUT2D eigenvalue weighted by Crippen LogP contribution is 2.19. The van der Waals surface area contributed by atoms with E-state index in [1.165, 1.54) is 11.0 Å². The summed E-state index contributed by atoms with van der Waals surface area (Å²) in [6.07, 6.45) is 6.76. The molecule has 114 valence electrons. The van der Waals surface area contributed by atoms with Gasteiger partial charge in [0.25, 0.3) is 0 Å². The van der Waals surface area contributed by atoms with Crippen molar-refractivity contribution in [1.82, 2.24) is 4.90 Å². The molecule has 1 rings (SSSR count). The van der Waals surface area contributed by atoms with E-state index in [1.54, 1.807) is 0 Å². The molecular formula is C15H25NO4. The lowest BCUT2D eigenvalue weighted by atomic mass is 10.2. The Balaban J connectivity index is 2.33. The van der Waals surface area contributed by atoms with Gasteiger partial charge in [-0.25, -0.2) is 9.59 Å². The second-order valence-electron chi connectivity index (χ2n) is 4.95. The van der Waals surface area contributed by atoms with Crippen molar-refractivity contribution in [1.29, 1.82) is 0 Å². The predicted octanol–water partition coefficient (Wildman–Crippen LogP) is 2.90. The van der Waals surface area contributed by atoms with Crippen LogP contribution in [0.5, 0.6) is 0 Å². The van der Waals surface area contributed by atoms with Gasteiger partial charge >= 0.3 is 12.1 Å². The first-order chi connectivity index (χ1) is 9.70. The summed E-state index contributed by atoms with van der Waals surface area (Å²) in [6, 6.07) is -0.488. The van der Waals surface area contributed by atoms with E-state index in [-0.39, 0.29) is 12.6 Å². The number of carbonyl (C=O) groups is 2. The van der Waals surface area contributed by atoms with Crippen LogP contribution in [0.1, 0.15) is 45.4 Å². The Morgan fingerprint density at radius 1 is 1.30 bits per heavy atom. The highest BCUT2D eigenvalue weighted by Gasteiger charge is 2.36. The van der Waals surface area contributed by atoms with E-state index < -0.39 is 12.1 Å². The molecule has 1 atom stereocenters. The third-order valence-corrected chi connectivity index (χ3v) is 3.33. The van der Waals surface area contributed by atoms with Crippen molar-refractivity contribution in [2.24, 2.45) is 0 Å². The summed E-state index contributed by atoms with van der Waals surface area (Å²) in [6.45, 7) is 6.77. The molecule has 1 aliphatic rings. The van der Waals surface area contributed by atoms with Crippen molar-refractivity contribution in [2.75, 3.05) is 19.8 Å². The molecule has 0 N–H and O–H groups in total. The van der Waals surface area contributed by atoms with E-state index in [0.29, 0.717) is 19.6 Å². The van der Waals surface area contributed by atoms with Crippen molar-refractivity contribution in [3.63, 3.8) is 0 Å². The van der Waals surface area contributed by atoms with Gasteiger partial charge in [0, 0.05) is 6.54 Å². The van der Waals surface area contributed by atoms with Crippen molar-refractivity contribution < 1.29 is 19.1 Å². The number of rotatable bonds is 8. The molecule has 0 aromatic carbocycles. The Hall–Kier alpha value is -1.52. The minimum atomic E-state index is -0.488. The van der Waals surface area contributed by atoms with Gasteiger partial charge in [0.15, 0.2) is 0 Å². The van der Waals surface area contributed by atoms with Crippen LogP contribution < -0.4 is 0 Å². The lowest BCUT2D eigenvalue weighted by Crippen LogP contribution is -2.41. The summed E-state index contributed by atoms with van der Waals surface area (Å²) in [5.74, 6) is -0.311. The zero-order valence-electron chi connectivity index (χ0n) is 12.3. The fourth-order valence-corrected chi connectivity index (χ4v) is 2.24. The van der Waals surface area contributed by atoms with Crippen LogP contribution in [0.25, 0.3) is 0 Å². The normalized spacial score (nSPS) is 17.9. The number of ether oxygens (including phenoxy) is 2. The van der Waals surface area contributed by atoms with Gasteiger partial charge < -0.3 is 9.47 Å². The number of nitrogens with zero attached hydrogens (tertiary/aromatic N) is 1. The topological polar surface area (TPSA) is 55.8 Å². The molecule has 1 fully saturated rings. The molecule has 0 radical (unpaired) electrons. The Kier molecular flexibility index (Phi) is 7.77. The molecule has 0 aliphatic carbocycles. The summed E-state index contributed by atoms with van der Waals surface area (Å²) in [5.41, 5.74) is 0. The third kappa shape index (κ3) is 5.23. The van der Waals surface area contributed by atoms with Crippen LogP contribution in [0, 0.1) is 0 Å². The van der Waals surface area contributed by atoms with Gasteiger partial charge in [-0.1, -0.05) is 38.8 Å². The van der Waals surface area contributed by atoms with E-state index in [0.717, 1.165) is 32.1 Å². The Morgan fingerprint density at radius 3 is 2.80 bits per heavy atom. The highest BCUT2D eigenvalue weighted by atomic mass is 16.6. The molecule has 0 aromatic heterocycles. The average Bonchev–Trinajstić information content (AvgIpc) is 2.93. The van der Waals surface area contributed by atoms with Gasteiger partial charge in [-0.15, -0.1) is 0 Å². The van der Waals surface area contributed by atoms with Crippen LogP contribution in [-0.2, 0) is 14.3 Å². The van der Waals surface area contributed by atoms with E-state index in [2.05, 4.69) is 13.5 Å². The molecule has 5 heteroatoms. The number of hydrogen-bond donors (Lipinski definition) is 0. The van der Waals surface area contributed by atoms with Crippen LogP contribution >= 0.6 is 0 Å². The summed E-state index contributed by atoms with van der Waals surface area (Å²) in [5, 5.41) is 0. The smallest absolute Gasteiger partial charge is 0.410 e. The van der Waals surface area contributed by atoms with Crippen LogP contribution in [-0.4, -0.2) is 42.8 Å². The molecule has 0 bridgehead atoms. The largest absolute Gasteiger partial charge is 0.464 e. The molecular weight excluding hydrogens is 258 g/mol. The lowest BCUT2D eigenvalue weighted by Gasteiger charge is -2.22. The summed E-state index contributed by atoms with van der Waals surface area (Å²) >= 11 is 0. The minimum absolute atomic E-state index is 0.161. The molecule has 0 unspecified atom stereocenters. The van der Waals surface area contributed by atoms with Gasteiger partial charge in [0.05, 0.1) is 6.61 Å². The van der Waals surface area contributed by atoms with E-state index in [1.807, 2.05) is 0 Å². The zero-order chi connectivity index (χ0) is 14.8. The maximum absolute atomic E-state index is 12.0. The summed E-state index contributed by atoms with van der Waals surface area (Å²) < 4.78 is 10.2. The molecule has 1 saturated heterocycles. The minimum Gasteiger partial charge on any atom is -0.464 e. The molecule has 0 aromatic rings. The van der Waals surface area contributed by atoms with Crippen LogP contribution in [0.4, 0.5) is 4.79 Å². The molecule has 1 aliphatic heterocycles. The molecule has 0 saturated carbocycles. The SMILES string of the molecule is C=CCOC(=O)N1CCC[C@H]1C(=O)OCCCCCC. The zero-order valence-corrected chi connectivity index (χ0v) is 12.3. The molecule has 5 nitrogen and oxygen atoms in total. The standard InChI is InChI=1S/C15H25NO4/c1-3-5-6-7-12-19-14(17)13-9-8-10-16(13)15(18)20-11-4-2/h4,13H,2-3,5-12H2,1H3/t13-/m0/s1. The first-order valence-corrected chi connectivity index (χ1v) is 7.41. The fourth-order valence-electron chi connectivity index (χ4n) is 2.24. The van der Waals surface area contributed by atoms with E-state index in [9.17, 15) is 9.59 Å². The number of carbonyl (C=O) groups excluding carboxylic acids is 2. The maximum atomic E-state index is 12.0. The van der Waals surface area contributed by atoms with E-state index in [4.69, 9.17) is 9.47 Å². The quantitative estimate of drug-likeness (QED) is 0.390. The molecule has 20 heavy (non-hydrogen) atoms. The van der Waals surface area contributed by atoms with Gasteiger partial charge in [-0.3, -0.25) is 4.90 Å². The van der Waals surface area contributed by atoms with Crippen LogP contribution in [0.3, 0.4) is 0 Å². The first-order valence-electron chi connectivity index (χ1n) is 7.41. The van der Waals surface area contributed by atoms with E-state index >= 15 is 0 Å². The Bertz CT molecular complexity index is 330. The number of esters is 1. The van der Waals surface area contributed by atoms with Crippen LogP contribution in [0.15, 0.2) is 12.7 Å². The number of hydrogen-bond acceptors (Lipinski definition) is 4. The second kappa shape index (κ2) is 9.39. The maximum Gasteiger partial charge on any atom is 0.410 e. The molecule has 1 heterocycles. The van der Waals surface area contributed by atoms with Gasteiger partial charge in [0.2, 0.25) is 0 Å². The lowest BCUT2D eigenvalue weighted by molar-refractivity contribution is -0.148. The number of unbranched alkanes of at least 4 members (excludes halogenated alkanes) is 3. The Morgan fingerprint density at radius 2 is 2.10 bits per heavy atom. The third-order valence-electron chi connectivity index (χ3n) is 3.33. The highest BCUT2D eigenvalue weighted by molar-refractivity contribution is 5.82. The van der Waals surface area contributed by atoms with Gasteiger partial charge in [0.1, 0.15) is 12.6 Å².